The molecule has 18 heavy (non-hydrogen) atoms. The maximum Gasteiger partial charge on any atom is 0.374 e. The lowest BCUT2D eigenvalue weighted by atomic mass is 10.1. The Balaban J connectivity index is 2.52. The molecule has 0 bridgehead atoms. The van der Waals surface area contributed by atoms with Gasteiger partial charge in [-0.15, -0.1) is 0 Å². The second kappa shape index (κ2) is 5.04. The molecule has 0 unspecified atom stereocenters. The smallest absolute Gasteiger partial charge is 0.374 e. The van der Waals surface area contributed by atoms with Gasteiger partial charge >= 0.3 is 5.97 Å². The molecule has 2 rings (SSSR count). The van der Waals surface area contributed by atoms with Gasteiger partial charge in [0.15, 0.2) is 0 Å². The van der Waals surface area contributed by atoms with Crippen LogP contribution in [0.1, 0.15) is 16.1 Å². The Bertz CT molecular complexity index is 602. The summed E-state index contributed by atoms with van der Waals surface area (Å²) in [6.07, 6.45) is 0. The summed E-state index contributed by atoms with van der Waals surface area (Å²) in [7, 11) is 1.30. The third-order valence-corrected chi connectivity index (χ3v) is 3.05. The van der Waals surface area contributed by atoms with Gasteiger partial charge in [-0.2, -0.15) is 0 Å². The number of rotatable bonds is 2. The highest BCUT2D eigenvalue weighted by Gasteiger charge is 2.18. The summed E-state index contributed by atoms with van der Waals surface area (Å²) in [6, 6.07) is 6.77. The molecule has 0 aliphatic rings. The van der Waals surface area contributed by atoms with Crippen LogP contribution in [0.4, 0.5) is 0 Å². The molecule has 0 atom stereocenters. The van der Waals surface area contributed by atoms with Crippen LogP contribution in [0.2, 0.25) is 10.0 Å². The van der Waals surface area contributed by atoms with Gasteiger partial charge in [0, 0.05) is 16.1 Å². The Morgan fingerprint density at radius 2 is 2.00 bits per heavy atom. The van der Waals surface area contributed by atoms with Crippen molar-refractivity contribution in [1.29, 1.82) is 0 Å². The maximum absolute atomic E-state index is 11.5. The van der Waals surface area contributed by atoms with Crippen LogP contribution in [0, 0.1) is 6.92 Å². The summed E-state index contributed by atoms with van der Waals surface area (Å²) >= 11 is 12.0. The van der Waals surface area contributed by atoms with Crippen LogP contribution in [-0.4, -0.2) is 13.1 Å². The molecular formula is C13H10Cl2O3. The van der Waals surface area contributed by atoms with Crippen LogP contribution in [0.3, 0.4) is 0 Å². The van der Waals surface area contributed by atoms with Crippen molar-refractivity contribution < 1.29 is 13.9 Å². The van der Waals surface area contributed by atoms with Gasteiger partial charge in [-0.25, -0.2) is 4.79 Å². The van der Waals surface area contributed by atoms with Crippen molar-refractivity contribution in [2.45, 2.75) is 6.92 Å². The molecule has 0 saturated heterocycles. The van der Waals surface area contributed by atoms with E-state index in [0.29, 0.717) is 26.9 Å². The summed E-state index contributed by atoms with van der Waals surface area (Å²) in [6.45, 7) is 1.76. The molecule has 0 aliphatic heterocycles. The number of aryl methyl sites for hydroxylation is 1. The van der Waals surface area contributed by atoms with E-state index in [1.807, 2.05) is 0 Å². The molecule has 0 fully saturated rings. The first-order valence-electron chi connectivity index (χ1n) is 5.17. The second-order valence-corrected chi connectivity index (χ2v) is 4.58. The molecule has 0 aliphatic carbocycles. The number of furan rings is 1. The summed E-state index contributed by atoms with van der Waals surface area (Å²) in [5, 5.41) is 1.05. The molecular weight excluding hydrogens is 275 g/mol. The van der Waals surface area contributed by atoms with Crippen molar-refractivity contribution >= 4 is 29.2 Å². The highest BCUT2D eigenvalue weighted by molar-refractivity contribution is 6.35. The van der Waals surface area contributed by atoms with E-state index in [4.69, 9.17) is 27.6 Å². The third-order valence-electron chi connectivity index (χ3n) is 2.48. The zero-order chi connectivity index (χ0) is 13.3. The van der Waals surface area contributed by atoms with Crippen LogP contribution >= 0.6 is 23.2 Å². The Labute approximate surface area is 114 Å². The van der Waals surface area contributed by atoms with Gasteiger partial charge in [-0.3, -0.25) is 0 Å². The third kappa shape index (κ3) is 2.37. The fourth-order valence-corrected chi connectivity index (χ4v) is 1.98. The number of halogens is 2. The second-order valence-electron chi connectivity index (χ2n) is 3.74. The molecule has 5 heteroatoms. The standard InChI is InChI=1S/C13H10Cl2O3/c1-7-5-11(18-12(7)13(16)17-2)9-6-8(14)3-4-10(9)15/h3-6H,1-2H3. The molecule has 94 valence electrons. The average Bonchev–Trinajstić information content (AvgIpc) is 2.73. The lowest BCUT2D eigenvalue weighted by Crippen LogP contribution is -2.00. The zero-order valence-electron chi connectivity index (χ0n) is 9.79. The average molecular weight is 285 g/mol. The summed E-state index contributed by atoms with van der Waals surface area (Å²) < 4.78 is 10.1. The van der Waals surface area contributed by atoms with Crippen LogP contribution < -0.4 is 0 Å². The van der Waals surface area contributed by atoms with Crippen molar-refractivity contribution in [1.82, 2.24) is 0 Å². The van der Waals surface area contributed by atoms with Crippen LogP contribution in [-0.2, 0) is 4.74 Å². The number of methoxy groups -OCH3 is 1. The number of benzene rings is 1. The van der Waals surface area contributed by atoms with E-state index in [1.54, 1.807) is 31.2 Å². The normalized spacial score (nSPS) is 10.4. The molecule has 0 amide bonds. The van der Waals surface area contributed by atoms with Gasteiger partial charge < -0.3 is 9.15 Å². The van der Waals surface area contributed by atoms with Gasteiger partial charge in [0.1, 0.15) is 5.76 Å². The van der Waals surface area contributed by atoms with Gasteiger partial charge in [0.2, 0.25) is 5.76 Å². The monoisotopic (exact) mass is 284 g/mol. The van der Waals surface area contributed by atoms with E-state index in [9.17, 15) is 4.79 Å². The molecule has 3 nitrogen and oxygen atoms in total. The number of carbonyl (C=O) groups excluding carboxylic acids is 1. The molecule has 0 saturated carbocycles. The largest absolute Gasteiger partial charge is 0.463 e. The van der Waals surface area contributed by atoms with Gasteiger partial charge in [-0.1, -0.05) is 23.2 Å². The molecule has 1 aromatic heterocycles. The van der Waals surface area contributed by atoms with Crippen LogP contribution in [0.5, 0.6) is 0 Å². The van der Waals surface area contributed by atoms with E-state index in [0.717, 1.165) is 0 Å². The van der Waals surface area contributed by atoms with E-state index < -0.39 is 5.97 Å². The number of ether oxygens (including phenoxy) is 1. The summed E-state index contributed by atoms with van der Waals surface area (Å²) in [5.74, 6) is 0.140. The summed E-state index contributed by atoms with van der Waals surface area (Å²) in [5.41, 5.74) is 1.33. The SMILES string of the molecule is COC(=O)c1oc(-c2cc(Cl)ccc2Cl)cc1C. The van der Waals surface area contributed by atoms with E-state index >= 15 is 0 Å². The molecule has 0 radical (unpaired) electrons. The predicted octanol–water partition coefficient (Wildman–Crippen LogP) is 4.35. The highest BCUT2D eigenvalue weighted by atomic mass is 35.5. The number of carbonyl (C=O) groups is 1. The first kappa shape index (κ1) is 13.0. The lowest BCUT2D eigenvalue weighted by Gasteiger charge is -2.01. The van der Waals surface area contributed by atoms with Crippen LogP contribution in [0.15, 0.2) is 28.7 Å². The van der Waals surface area contributed by atoms with Gasteiger partial charge in [0.05, 0.1) is 12.1 Å². The highest BCUT2D eigenvalue weighted by Crippen LogP contribution is 2.33. The maximum atomic E-state index is 11.5. The van der Waals surface area contributed by atoms with Crippen molar-refractivity contribution in [3.63, 3.8) is 0 Å². The Hall–Kier alpha value is -1.45. The molecule has 2 aromatic rings. The van der Waals surface area contributed by atoms with Crippen molar-refractivity contribution in [2.75, 3.05) is 7.11 Å². The number of hydrogen-bond donors (Lipinski definition) is 0. The quantitative estimate of drug-likeness (QED) is 0.770. The Kier molecular flexibility index (Phi) is 3.64. The van der Waals surface area contributed by atoms with E-state index in [-0.39, 0.29) is 5.76 Å². The minimum atomic E-state index is -0.517. The Morgan fingerprint density at radius 3 is 2.67 bits per heavy atom. The van der Waals surface area contributed by atoms with E-state index in [2.05, 4.69) is 4.74 Å². The minimum Gasteiger partial charge on any atom is -0.463 e. The Morgan fingerprint density at radius 1 is 1.28 bits per heavy atom. The summed E-state index contributed by atoms with van der Waals surface area (Å²) in [4.78, 5) is 11.5. The topological polar surface area (TPSA) is 39.4 Å². The van der Waals surface area contributed by atoms with Crippen LogP contribution in [0.25, 0.3) is 11.3 Å². The van der Waals surface area contributed by atoms with E-state index in [1.165, 1.54) is 7.11 Å². The molecule has 0 spiro atoms. The number of esters is 1. The minimum absolute atomic E-state index is 0.170. The molecule has 1 aromatic carbocycles. The number of hydrogen-bond acceptors (Lipinski definition) is 3. The van der Waals surface area contributed by atoms with Gasteiger partial charge in [0.25, 0.3) is 0 Å². The zero-order valence-corrected chi connectivity index (χ0v) is 11.3. The fourth-order valence-electron chi connectivity index (χ4n) is 1.60. The fraction of sp³-hybridized carbons (Fsp3) is 0.154. The molecule has 0 N–H and O–H groups in total. The molecule has 1 heterocycles. The lowest BCUT2D eigenvalue weighted by molar-refractivity contribution is 0.0565. The first-order chi connectivity index (χ1) is 8.52. The predicted molar refractivity (Wildman–Crippen MR) is 70.2 cm³/mol. The van der Waals surface area contributed by atoms with Crippen molar-refractivity contribution in [2.24, 2.45) is 0 Å². The van der Waals surface area contributed by atoms with Gasteiger partial charge in [-0.05, 0) is 31.2 Å². The van der Waals surface area contributed by atoms with Crippen molar-refractivity contribution in [3.8, 4) is 11.3 Å². The first-order valence-corrected chi connectivity index (χ1v) is 5.92. The van der Waals surface area contributed by atoms with Crippen molar-refractivity contribution in [3.05, 3.63) is 45.6 Å².